The highest BCUT2D eigenvalue weighted by atomic mass is 16.7. The van der Waals surface area contributed by atoms with Gasteiger partial charge in [-0.05, 0) is 75.8 Å². The first-order valence-electron chi connectivity index (χ1n) is 13.7. The van der Waals surface area contributed by atoms with Crippen LogP contribution in [0, 0.1) is 5.92 Å². The molecule has 0 saturated carbocycles. The van der Waals surface area contributed by atoms with Gasteiger partial charge >= 0.3 is 7.12 Å². The number of hydrogen-bond acceptors (Lipinski definition) is 5. The lowest BCUT2D eigenvalue weighted by atomic mass is 9.82. The fraction of sp³-hybridized carbons (Fsp3) is 0.387. The number of unbranched alkanes of at least 4 members (excludes halogenated alkanes) is 2. The first kappa shape index (κ1) is 28.5. The second-order valence-corrected chi connectivity index (χ2v) is 11.0. The van der Waals surface area contributed by atoms with Gasteiger partial charge in [-0.3, -0.25) is 14.6 Å². The summed E-state index contributed by atoms with van der Waals surface area (Å²) in [6, 6.07) is 21.1. The fourth-order valence-electron chi connectivity index (χ4n) is 4.60. The van der Waals surface area contributed by atoms with E-state index in [9.17, 15) is 9.59 Å². The Morgan fingerprint density at radius 3 is 2.10 bits per heavy atom. The van der Waals surface area contributed by atoms with Crippen LogP contribution in [0.3, 0.4) is 0 Å². The molecular formula is C31H38BN3O4. The number of rotatable bonds is 11. The van der Waals surface area contributed by atoms with Crippen molar-refractivity contribution in [2.75, 3.05) is 10.6 Å². The second-order valence-electron chi connectivity index (χ2n) is 11.0. The van der Waals surface area contributed by atoms with Gasteiger partial charge in [-0.15, -0.1) is 0 Å². The van der Waals surface area contributed by atoms with Crippen LogP contribution >= 0.6 is 0 Å². The van der Waals surface area contributed by atoms with Gasteiger partial charge in [0.15, 0.2) is 0 Å². The van der Waals surface area contributed by atoms with E-state index in [1.54, 1.807) is 24.5 Å². The van der Waals surface area contributed by atoms with Crippen molar-refractivity contribution in [1.82, 2.24) is 4.98 Å². The zero-order valence-electron chi connectivity index (χ0n) is 23.3. The molecule has 0 radical (unpaired) electrons. The van der Waals surface area contributed by atoms with Crippen LogP contribution < -0.4 is 10.6 Å². The van der Waals surface area contributed by atoms with Gasteiger partial charge in [0, 0.05) is 11.9 Å². The summed E-state index contributed by atoms with van der Waals surface area (Å²) in [4.78, 5) is 30.6. The Morgan fingerprint density at radius 2 is 1.44 bits per heavy atom. The summed E-state index contributed by atoms with van der Waals surface area (Å²) in [5, 5.41) is 5.81. The predicted octanol–water partition coefficient (Wildman–Crippen LogP) is 6.59. The molecule has 2 N–H and O–H groups in total. The predicted molar refractivity (Wildman–Crippen MR) is 156 cm³/mol. The van der Waals surface area contributed by atoms with Crippen LogP contribution in [0.25, 0.3) is 11.1 Å². The Labute approximate surface area is 231 Å². The number of pyridine rings is 1. The smallest absolute Gasteiger partial charge is 0.403 e. The number of carbonyl (C=O) groups excluding carboxylic acids is 2. The molecule has 204 valence electrons. The van der Waals surface area contributed by atoms with Gasteiger partial charge in [-0.2, -0.15) is 0 Å². The van der Waals surface area contributed by atoms with E-state index < -0.39 is 5.92 Å². The number of nitrogens with zero attached hydrogens (tertiary/aromatic N) is 1. The van der Waals surface area contributed by atoms with Crippen LogP contribution in [0.5, 0.6) is 0 Å². The lowest BCUT2D eigenvalue weighted by Crippen LogP contribution is -2.41. The minimum atomic E-state index is -0.845. The van der Waals surface area contributed by atoms with Crippen LogP contribution in [0.15, 0.2) is 79.1 Å². The summed E-state index contributed by atoms with van der Waals surface area (Å²) in [7, 11) is -0.236. The molecule has 2 heterocycles. The van der Waals surface area contributed by atoms with Crippen LogP contribution in [0.4, 0.5) is 11.4 Å². The number of benzene rings is 2. The Balaban J connectivity index is 1.37. The molecule has 0 spiro atoms. The van der Waals surface area contributed by atoms with E-state index in [4.69, 9.17) is 9.31 Å². The van der Waals surface area contributed by atoms with E-state index in [1.807, 2.05) is 82.3 Å². The summed E-state index contributed by atoms with van der Waals surface area (Å²) in [5.74, 6) is -1.51. The average Bonchev–Trinajstić information content (AvgIpc) is 3.12. The van der Waals surface area contributed by atoms with Gasteiger partial charge in [0.2, 0.25) is 11.8 Å². The quantitative estimate of drug-likeness (QED) is 0.167. The Kier molecular flexibility index (Phi) is 9.20. The van der Waals surface area contributed by atoms with Crippen molar-refractivity contribution in [1.29, 1.82) is 0 Å². The highest BCUT2D eigenvalue weighted by molar-refractivity contribution is 6.45. The van der Waals surface area contributed by atoms with E-state index >= 15 is 0 Å². The summed E-state index contributed by atoms with van der Waals surface area (Å²) >= 11 is 0. The summed E-state index contributed by atoms with van der Waals surface area (Å²) in [5.41, 5.74) is 2.58. The zero-order chi connectivity index (χ0) is 27.9. The lowest BCUT2D eigenvalue weighted by molar-refractivity contribution is -0.129. The molecule has 2 amide bonds. The highest BCUT2D eigenvalue weighted by Crippen LogP contribution is 2.38. The first-order chi connectivity index (χ1) is 18.6. The fourth-order valence-corrected chi connectivity index (χ4v) is 4.60. The molecule has 1 unspecified atom stereocenters. The molecule has 8 heteroatoms. The van der Waals surface area contributed by atoms with Gasteiger partial charge in [0.1, 0.15) is 5.92 Å². The second kappa shape index (κ2) is 12.6. The molecule has 3 aromatic rings. The number of anilines is 2. The molecule has 1 fully saturated rings. The minimum Gasteiger partial charge on any atom is -0.403 e. The van der Waals surface area contributed by atoms with E-state index in [0.717, 1.165) is 36.7 Å². The number of aromatic nitrogens is 1. The third kappa shape index (κ3) is 7.55. The van der Waals surface area contributed by atoms with E-state index in [2.05, 4.69) is 15.6 Å². The Hall–Kier alpha value is -3.49. The number of amides is 2. The van der Waals surface area contributed by atoms with Crippen molar-refractivity contribution in [3.63, 3.8) is 0 Å². The van der Waals surface area contributed by atoms with Crippen molar-refractivity contribution in [3.8, 4) is 11.1 Å². The molecular weight excluding hydrogens is 489 g/mol. The summed E-state index contributed by atoms with van der Waals surface area (Å²) < 4.78 is 12.2. The number of hydrogen-bond donors (Lipinski definition) is 2. The molecule has 39 heavy (non-hydrogen) atoms. The molecule has 1 aromatic heterocycles. The largest absolute Gasteiger partial charge is 0.457 e. The molecule has 4 rings (SSSR count). The van der Waals surface area contributed by atoms with E-state index in [0.29, 0.717) is 17.8 Å². The standard InChI is InChI=1S/C31H38BN3O4/c1-30(2)31(3,4)39-32(38-30)19-10-6-9-18-27(29(37)35-26-17-12-20-33-22-26)28(36)34-25-16-11-15-24(21-25)23-13-7-5-8-14-23/h5,7-8,11-17,20-22,27H,6,9-10,18-19H2,1-4H3,(H,34,36)(H,35,37). The molecule has 1 atom stereocenters. The van der Waals surface area contributed by atoms with Crippen LogP contribution in [-0.2, 0) is 18.9 Å². The average molecular weight is 527 g/mol. The van der Waals surface area contributed by atoms with Crippen LogP contribution in [-0.4, -0.2) is 35.1 Å². The molecule has 1 aliphatic heterocycles. The lowest BCUT2D eigenvalue weighted by Gasteiger charge is -2.32. The van der Waals surface area contributed by atoms with Crippen molar-refractivity contribution < 1.29 is 18.9 Å². The van der Waals surface area contributed by atoms with Crippen molar-refractivity contribution in [2.24, 2.45) is 5.92 Å². The zero-order valence-corrected chi connectivity index (χ0v) is 23.3. The highest BCUT2D eigenvalue weighted by Gasteiger charge is 2.50. The Bertz CT molecular complexity index is 1230. The molecule has 2 aromatic carbocycles. The van der Waals surface area contributed by atoms with Crippen LogP contribution in [0.2, 0.25) is 6.32 Å². The summed E-state index contributed by atoms with van der Waals surface area (Å²) in [6.07, 6.45) is 6.88. The number of nitrogens with one attached hydrogen (secondary N) is 2. The van der Waals surface area contributed by atoms with Crippen LogP contribution in [0.1, 0.15) is 53.4 Å². The normalized spacial score (nSPS) is 16.5. The maximum Gasteiger partial charge on any atom is 0.457 e. The molecule has 1 saturated heterocycles. The van der Waals surface area contributed by atoms with Gasteiger partial charge in [-0.25, -0.2) is 0 Å². The summed E-state index contributed by atoms with van der Waals surface area (Å²) in [6.45, 7) is 8.19. The van der Waals surface area contributed by atoms with E-state index in [-0.39, 0.29) is 30.1 Å². The van der Waals surface area contributed by atoms with E-state index in [1.165, 1.54) is 0 Å². The SMILES string of the molecule is CC1(C)OB(CCCCCC(C(=O)Nc2cccnc2)C(=O)Nc2cccc(-c3ccccc3)c2)OC1(C)C. The Morgan fingerprint density at radius 1 is 0.795 bits per heavy atom. The molecule has 7 nitrogen and oxygen atoms in total. The maximum atomic E-state index is 13.4. The molecule has 0 aliphatic carbocycles. The van der Waals surface area contributed by atoms with Gasteiger partial charge < -0.3 is 19.9 Å². The first-order valence-corrected chi connectivity index (χ1v) is 13.7. The van der Waals surface area contributed by atoms with Crippen molar-refractivity contribution >= 4 is 30.3 Å². The van der Waals surface area contributed by atoms with Gasteiger partial charge in [-0.1, -0.05) is 61.7 Å². The molecule has 0 bridgehead atoms. The maximum absolute atomic E-state index is 13.4. The minimum absolute atomic E-state index is 0.236. The third-order valence-electron chi connectivity index (χ3n) is 7.53. The van der Waals surface area contributed by atoms with Crippen molar-refractivity contribution in [3.05, 3.63) is 79.1 Å². The number of carbonyl (C=O) groups is 2. The third-order valence-corrected chi connectivity index (χ3v) is 7.53. The van der Waals surface area contributed by atoms with Gasteiger partial charge in [0.25, 0.3) is 0 Å². The van der Waals surface area contributed by atoms with Crippen molar-refractivity contribution in [2.45, 2.75) is 70.9 Å². The van der Waals surface area contributed by atoms with Gasteiger partial charge in [0.05, 0.1) is 23.1 Å². The monoisotopic (exact) mass is 527 g/mol. The molecule has 1 aliphatic rings. The topological polar surface area (TPSA) is 89.5 Å².